The van der Waals surface area contributed by atoms with Gasteiger partial charge in [-0.15, -0.1) is 12.4 Å². The first kappa shape index (κ1) is 14.8. The molecule has 106 valence electrons. The molecule has 3 heteroatoms. The van der Waals surface area contributed by atoms with Crippen molar-refractivity contribution in [3.05, 3.63) is 35.4 Å². The zero-order valence-corrected chi connectivity index (χ0v) is 12.4. The average molecular weight is 282 g/mol. The summed E-state index contributed by atoms with van der Waals surface area (Å²) < 4.78 is 6.15. The molecule has 3 atom stereocenters. The summed E-state index contributed by atoms with van der Waals surface area (Å²) in [5.41, 5.74) is 2.79. The average Bonchev–Trinajstić information content (AvgIpc) is 2.76. The Labute approximate surface area is 122 Å². The van der Waals surface area contributed by atoms with Crippen molar-refractivity contribution in [3.63, 3.8) is 0 Å². The fourth-order valence-electron chi connectivity index (χ4n) is 3.39. The van der Waals surface area contributed by atoms with E-state index >= 15 is 0 Å². The Hall–Kier alpha value is -0.570. The van der Waals surface area contributed by atoms with Gasteiger partial charge in [0.2, 0.25) is 0 Å². The molecule has 19 heavy (non-hydrogen) atoms. The second-order valence-electron chi connectivity index (χ2n) is 5.66. The highest BCUT2D eigenvalue weighted by Crippen LogP contribution is 2.29. The minimum atomic E-state index is 0. The van der Waals surface area contributed by atoms with Gasteiger partial charge >= 0.3 is 0 Å². The Bertz CT molecular complexity index is 397. The van der Waals surface area contributed by atoms with Crippen molar-refractivity contribution in [2.45, 2.75) is 63.8 Å². The van der Waals surface area contributed by atoms with Gasteiger partial charge in [0.15, 0.2) is 0 Å². The van der Waals surface area contributed by atoms with E-state index in [1.165, 1.54) is 36.8 Å². The third kappa shape index (κ3) is 3.50. The van der Waals surface area contributed by atoms with E-state index in [9.17, 15) is 0 Å². The quantitative estimate of drug-likeness (QED) is 0.912. The van der Waals surface area contributed by atoms with E-state index in [0.717, 1.165) is 25.1 Å². The molecule has 2 fully saturated rings. The molecule has 1 aromatic carbocycles. The number of ether oxygens (including phenoxy) is 1. The molecule has 0 spiro atoms. The maximum Gasteiger partial charge on any atom is 0.0723 e. The number of fused-ring (bicyclic) bond motifs is 2. The van der Waals surface area contributed by atoms with Crippen molar-refractivity contribution in [2.75, 3.05) is 0 Å². The van der Waals surface area contributed by atoms with E-state index in [1.807, 2.05) is 0 Å². The van der Waals surface area contributed by atoms with E-state index in [-0.39, 0.29) is 12.4 Å². The summed E-state index contributed by atoms with van der Waals surface area (Å²) in [5, 5.41) is 3.66. The molecule has 0 unspecified atom stereocenters. The van der Waals surface area contributed by atoms with Gasteiger partial charge in [-0.1, -0.05) is 31.2 Å². The lowest BCUT2D eigenvalue weighted by Crippen LogP contribution is -2.41. The van der Waals surface area contributed by atoms with Gasteiger partial charge < -0.3 is 10.1 Å². The van der Waals surface area contributed by atoms with Crippen LogP contribution in [0.3, 0.4) is 0 Å². The molecule has 0 radical (unpaired) electrons. The molecule has 0 saturated carbocycles. The van der Waals surface area contributed by atoms with Crippen LogP contribution in [-0.4, -0.2) is 18.2 Å². The zero-order chi connectivity index (χ0) is 12.4. The molecule has 2 bridgehead atoms. The minimum Gasteiger partial charge on any atom is -0.373 e. The van der Waals surface area contributed by atoms with E-state index in [4.69, 9.17) is 4.74 Å². The summed E-state index contributed by atoms with van der Waals surface area (Å²) >= 11 is 0. The lowest BCUT2D eigenvalue weighted by Gasteiger charge is -2.29. The van der Waals surface area contributed by atoms with Crippen LogP contribution in [0.5, 0.6) is 0 Å². The van der Waals surface area contributed by atoms with Crippen LogP contribution in [0.1, 0.15) is 43.7 Å². The largest absolute Gasteiger partial charge is 0.373 e. The number of nitrogens with one attached hydrogen (secondary N) is 1. The summed E-state index contributed by atoms with van der Waals surface area (Å²) in [7, 11) is 0. The maximum absolute atomic E-state index is 6.15. The summed E-state index contributed by atoms with van der Waals surface area (Å²) in [6, 6.07) is 10.1. The van der Waals surface area contributed by atoms with Crippen LogP contribution in [0.25, 0.3) is 0 Å². The standard InChI is InChI=1S/C16H23NO.ClH/c1-2-12-5-3-4-6-13(12)11-18-16-9-14-7-8-15(10-16)17-14;/h3-6,14-17H,2,7-11H2,1H3;1H/t14-,15+,16+;. The fourth-order valence-corrected chi connectivity index (χ4v) is 3.39. The predicted molar refractivity (Wildman–Crippen MR) is 80.8 cm³/mol. The van der Waals surface area contributed by atoms with Crippen molar-refractivity contribution >= 4 is 12.4 Å². The Morgan fingerprint density at radius 1 is 1.11 bits per heavy atom. The number of halogens is 1. The van der Waals surface area contributed by atoms with Crippen LogP contribution < -0.4 is 5.32 Å². The zero-order valence-electron chi connectivity index (χ0n) is 11.6. The van der Waals surface area contributed by atoms with Crippen molar-refractivity contribution in [3.8, 4) is 0 Å². The van der Waals surface area contributed by atoms with E-state index in [2.05, 4.69) is 36.5 Å². The molecule has 1 aromatic rings. The predicted octanol–water partition coefficient (Wildman–Crippen LogP) is 3.47. The molecule has 0 amide bonds. The van der Waals surface area contributed by atoms with Gasteiger partial charge in [-0.2, -0.15) is 0 Å². The third-order valence-electron chi connectivity index (χ3n) is 4.40. The lowest BCUT2D eigenvalue weighted by atomic mass is 10.0. The van der Waals surface area contributed by atoms with Crippen molar-refractivity contribution in [2.24, 2.45) is 0 Å². The molecule has 2 aliphatic rings. The van der Waals surface area contributed by atoms with Crippen LogP contribution >= 0.6 is 12.4 Å². The van der Waals surface area contributed by atoms with Gasteiger partial charge in [-0.25, -0.2) is 0 Å². The Morgan fingerprint density at radius 3 is 2.37 bits per heavy atom. The topological polar surface area (TPSA) is 21.3 Å². The van der Waals surface area contributed by atoms with Gasteiger partial charge in [-0.05, 0) is 43.2 Å². The Morgan fingerprint density at radius 2 is 1.74 bits per heavy atom. The Balaban J connectivity index is 0.00000133. The van der Waals surface area contributed by atoms with Crippen molar-refractivity contribution < 1.29 is 4.74 Å². The second kappa shape index (κ2) is 6.74. The normalized spacial score (nSPS) is 29.0. The third-order valence-corrected chi connectivity index (χ3v) is 4.40. The maximum atomic E-state index is 6.15. The first-order chi connectivity index (χ1) is 8.85. The van der Waals surface area contributed by atoms with Crippen LogP contribution in [0, 0.1) is 0 Å². The first-order valence-corrected chi connectivity index (χ1v) is 7.29. The summed E-state index contributed by atoms with van der Waals surface area (Å²) in [6.07, 6.45) is 6.65. The molecule has 1 N–H and O–H groups in total. The molecule has 2 saturated heterocycles. The summed E-state index contributed by atoms with van der Waals surface area (Å²) in [4.78, 5) is 0. The molecule has 2 nitrogen and oxygen atoms in total. The number of benzene rings is 1. The van der Waals surface area contributed by atoms with Gasteiger partial charge in [-0.3, -0.25) is 0 Å². The van der Waals surface area contributed by atoms with Gasteiger partial charge in [0.05, 0.1) is 12.7 Å². The molecular formula is C16H24ClNO. The van der Waals surface area contributed by atoms with E-state index < -0.39 is 0 Å². The number of hydrogen-bond acceptors (Lipinski definition) is 2. The minimum absolute atomic E-state index is 0. The van der Waals surface area contributed by atoms with Gasteiger partial charge in [0.1, 0.15) is 0 Å². The monoisotopic (exact) mass is 281 g/mol. The molecule has 2 aliphatic heterocycles. The molecule has 3 rings (SSSR count). The van der Waals surface area contributed by atoms with Crippen LogP contribution in [0.2, 0.25) is 0 Å². The first-order valence-electron chi connectivity index (χ1n) is 7.29. The number of aryl methyl sites for hydroxylation is 1. The highest BCUT2D eigenvalue weighted by Gasteiger charge is 2.33. The van der Waals surface area contributed by atoms with Crippen molar-refractivity contribution in [1.29, 1.82) is 0 Å². The smallest absolute Gasteiger partial charge is 0.0723 e. The molecule has 2 heterocycles. The summed E-state index contributed by atoms with van der Waals surface area (Å²) in [5.74, 6) is 0. The molecular weight excluding hydrogens is 258 g/mol. The second-order valence-corrected chi connectivity index (χ2v) is 5.66. The lowest BCUT2D eigenvalue weighted by molar-refractivity contribution is 0.00889. The van der Waals surface area contributed by atoms with Gasteiger partial charge in [0, 0.05) is 12.1 Å². The summed E-state index contributed by atoms with van der Waals surface area (Å²) in [6.45, 7) is 3.00. The van der Waals surface area contributed by atoms with Gasteiger partial charge in [0.25, 0.3) is 0 Å². The van der Waals surface area contributed by atoms with Crippen molar-refractivity contribution in [1.82, 2.24) is 5.32 Å². The van der Waals surface area contributed by atoms with Crippen LogP contribution in [0.4, 0.5) is 0 Å². The van der Waals surface area contributed by atoms with Crippen LogP contribution in [-0.2, 0) is 17.8 Å². The molecule has 0 aliphatic carbocycles. The van der Waals surface area contributed by atoms with E-state index in [0.29, 0.717) is 6.10 Å². The number of rotatable bonds is 4. The SMILES string of the molecule is CCc1ccccc1CO[C@H]1C[C@H]2CC[C@@H](C1)N2.Cl. The number of piperidine rings is 1. The molecule has 0 aromatic heterocycles. The van der Waals surface area contributed by atoms with Crippen LogP contribution in [0.15, 0.2) is 24.3 Å². The van der Waals surface area contributed by atoms with E-state index in [1.54, 1.807) is 0 Å². The highest BCUT2D eigenvalue weighted by atomic mass is 35.5. The number of hydrogen-bond donors (Lipinski definition) is 1. The highest BCUT2D eigenvalue weighted by molar-refractivity contribution is 5.85. The fraction of sp³-hybridized carbons (Fsp3) is 0.625. The Kier molecular flexibility index (Phi) is 5.26.